The number of ether oxygens (including phenoxy) is 2. The van der Waals surface area contributed by atoms with E-state index in [9.17, 15) is 9.59 Å². The van der Waals surface area contributed by atoms with Crippen LogP contribution in [0.15, 0.2) is 66.1 Å². The predicted molar refractivity (Wildman–Crippen MR) is 159 cm³/mol. The topological polar surface area (TPSA) is 73.1 Å². The molecule has 3 heterocycles. The van der Waals surface area contributed by atoms with Crippen LogP contribution in [0.5, 0.6) is 0 Å². The SMILES string of the molecule is C.C=CC.CC.CCOC(=O)c1cc(N2CCC(C)(C(=O)OCc3ccccc3)CC2)c2ncc(Br)n2c1. The largest absolute Gasteiger partial charge is 0.462 e. The maximum absolute atomic E-state index is 12.8. The van der Waals surface area contributed by atoms with Gasteiger partial charge in [0.05, 0.1) is 29.5 Å². The minimum Gasteiger partial charge on any atom is -0.462 e. The van der Waals surface area contributed by atoms with Crippen molar-refractivity contribution in [2.45, 2.75) is 61.5 Å². The van der Waals surface area contributed by atoms with E-state index < -0.39 is 5.41 Å². The summed E-state index contributed by atoms with van der Waals surface area (Å²) in [6.07, 6.45) is 6.49. The summed E-state index contributed by atoms with van der Waals surface area (Å²) < 4.78 is 13.4. The van der Waals surface area contributed by atoms with Gasteiger partial charge in [-0.2, -0.15) is 0 Å². The molecule has 1 aromatic carbocycles. The van der Waals surface area contributed by atoms with E-state index in [1.807, 2.05) is 68.5 Å². The summed E-state index contributed by atoms with van der Waals surface area (Å²) in [5.74, 6) is -0.544. The highest BCUT2D eigenvalue weighted by Crippen LogP contribution is 2.36. The maximum Gasteiger partial charge on any atom is 0.339 e. The van der Waals surface area contributed by atoms with Crippen molar-refractivity contribution in [1.29, 1.82) is 0 Å². The van der Waals surface area contributed by atoms with Crippen molar-refractivity contribution in [2.24, 2.45) is 5.41 Å². The van der Waals surface area contributed by atoms with Crippen LogP contribution in [-0.2, 0) is 20.9 Å². The van der Waals surface area contributed by atoms with Crippen molar-refractivity contribution < 1.29 is 19.1 Å². The molecule has 0 amide bonds. The molecule has 0 N–H and O–H groups in total. The molecule has 1 fully saturated rings. The molecule has 0 aliphatic carbocycles. The lowest BCUT2D eigenvalue weighted by Crippen LogP contribution is -2.43. The Morgan fingerprint density at radius 3 is 2.34 bits per heavy atom. The zero-order valence-corrected chi connectivity index (χ0v) is 24.1. The Morgan fingerprint density at radius 1 is 1.16 bits per heavy atom. The van der Waals surface area contributed by atoms with Gasteiger partial charge in [-0.3, -0.25) is 9.20 Å². The molecule has 0 bridgehead atoms. The third kappa shape index (κ3) is 8.18. The molecule has 0 saturated carbocycles. The first-order valence-electron chi connectivity index (χ1n) is 12.7. The lowest BCUT2D eigenvalue weighted by atomic mass is 9.80. The van der Waals surface area contributed by atoms with E-state index in [4.69, 9.17) is 9.47 Å². The second-order valence-corrected chi connectivity index (χ2v) is 9.44. The molecule has 7 nitrogen and oxygen atoms in total. The molecule has 8 heteroatoms. The number of aromatic nitrogens is 2. The van der Waals surface area contributed by atoms with E-state index >= 15 is 0 Å². The zero-order chi connectivity index (χ0) is 27.4. The Hall–Kier alpha value is -3.13. The fourth-order valence-corrected chi connectivity index (χ4v) is 4.31. The number of anilines is 1. The fourth-order valence-electron chi connectivity index (χ4n) is 3.94. The number of nitrogens with zero attached hydrogens (tertiary/aromatic N) is 3. The van der Waals surface area contributed by atoms with Gasteiger partial charge < -0.3 is 14.4 Å². The van der Waals surface area contributed by atoms with Crippen molar-refractivity contribution >= 4 is 39.2 Å². The van der Waals surface area contributed by atoms with Crippen LogP contribution in [0.4, 0.5) is 5.69 Å². The summed E-state index contributed by atoms with van der Waals surface area (Å²) in [6.45, 7) is 14.9. The Morgan fingerprint density at radius 2 is 1.76 bits per heavy atom. The molecule has 4 rings (SSSR count). The number of benzene rings is 1. The summed E-state index contributed by atoms with van der Waals surface area (Å²) in [5, 5.41) is 0. The van der Waals surface area contributed by atoms with Gasteiger partial charge in [0, 0.05) is 19.3 Å². The van der Waals surface area contributed by atoms with Crippen molar-refractivity contribution in [3.05, 3.63) is 77.2 Å². The number of pyridine rings is 1. The second kappa shape index (κ2) is 16.0. The minimum atomic E-state index is -0.545. The first kappa shape index (κ1) is 32.9. The molecule has 0 spiro atoms. The zero-order valence-electron chi connectivity index (χ0n) is 22.5. The van der Waals surface area contributed by atoms with Gasteiger partial charge in [-0.25, -0.2) is 9.78 Å². The van der Waals surface area contributed by atoms with E-state index in [0.29, 0.717) is 38.1 Å². The van der Waals surface area contributed by atoms with Crippen molar-refractivity contribution in [1.82, 2.24) is 9.38 Å². The number of hydrogen-bond donors (Lipinski definition) is 0. The van der Waals surface area contributed by atoms with Crippen LogP contribution in [0.25, 0.3) is 5.65 Å². The van der Waals surface area contributed by atoms with E-state index in [2.05, 4.69) is 32.4 Å². The fraction of sp³-hybridized carbons (Fsp3) is 0.433. The molecule has 3 aromatic rings. The standard InChI is InChI=1S/C24H26BrN3O4.C3H6.C2H6.CH4/c1-3-31-22(29)18-13-19(21-26-14-20(25)28(21)15-18)27-11-9-24(2,10-12-27)23(30)32-16-17-7-5-4-6-8-17;1-3-2;1-2;/h4-8,13-15H,3,9-12,16H2,1-2H3;3H,1H2,2H3;1-2H3;1H4. The highest BCUT2D eigenvalue weighted by Gasteiger charge is 2.39. The van der Waals surface area contributed by atoms with Crippen LogP contribution in [0.3, 0.4) is 0 Å². The van der Waals surface area contributed by atoms with Gasteiger partial charge in [-0.05, 0) is 61.2 Å². The normalized spacial score (nSPS) is 13.6. The first-order chi connectivity index (χ1) is 17.8. The van der Waals surface area contributed by atoms with Crippen LogP contribution in [-0.4, -0.2) is 41.0 Å². The van der Waals surface area contributed by atoms with E-state index in [1.165, 1.54) is 0 Å². The van der Waals surface area contributed by atoms with Gasteiger partial charge in [-0.1, -0.05) is 57.7 Å². The molecular formula is C30H42BrN3O4. The minimum absolute atomic E-state index is 0. The molecule has 1 saturated heterocycles. The number of piperidine rings is 1. The molecule has 2 aromatic heterocycles. The number of allylic oxidation sites excluding steroid dienone is 1. The number of fused-ring (bicyclic) bond motifs is 1. The predicted octanol–water partition coefficient (Wildman–Crippen LogP) is 7.48. The number of halogens is 1. The number of rotatable bonds is 6. The molecule has 1 aliphatic heterocycles. The molecule has 0 atom stereocenters. The average Bonchev–Trinajstić information content (AvgIpc) is 3.30. The van der Waals surface area contributed by atoms with Crippen LogP contribution in [0.2, 0.25) is 0 Å². The summed E-state index contributed by atoms with van der Waals surface area (Å²) in [5.41, 5.74) is 2.49. The van der Waals surface area contributed by atoms with E-state index in [-0.39, 0.29) is 26.0 Å². The third-order valence-electron chi connectivity index (χ3n) is 5.97. The third-order valence-corrected chi connectivity index (χ3v) is 6.55. The highest BCUT2D eigenvalue weighted by atomic mass is 79.9. The Bertz CT molecular complexity index is 1170. The second-order valence-electron chi connectivity index (χ2n) is 8.63. The molecule has 208 valence electrons. The van der Waals surface area contributed by atoms with Gasteiger partial charge in [-0.15, -0.1) is 6.58 Å². The Kier molecular flexibility index (Phi) is 13.8. The molecule has 38 heavy (non-hydrogen) atoms. The molecular weight excluding hydrogens is 546 g/mol. The van der Waals surface area contributed by atoms with Gasteiger partial charge >= 0.3 is 11.9 Å². The summed E-state index contributed by atoms with van der Waals surface area (Å²) in [7, 11) is 0. The lowest BCUT2D eigenvalue weighted by Gasteiger charge is -2.38. The molecule has 0 radical (unpaired) electrons. The summed E-state index contributed by atoms with van der Waals surface area (Å²) in [4.78, 5) is 31.9. The smallest absolute Gasteiger partial charge is 0.339 e. The van der Waals surface area contributed by atoms with Crippen molar-refractivity contribution in [2.75, 3.05) is 24.6 Å². The van der Waals surface area contributed by atoms with Gasteiger partial charge in [0.2, 0.25) is 0 Å². The van der Waals surface area contributed by atoms with Gasteiger partial charge in [0.1, 0.15) is 11.2 Å². The quantitative estimate of drug-likeness (QED) is 0.220. The van der Waals surface area contributed by atoms with Crippen LogP contribution in [0, 0.1) is 5.41 Å². The van der Waals surface area contributed by atoms with Crippen LogP contribution < -0.4 is 4.90 Å². The monoisotopic (exact) mass is 587 g/mol. The summed E-state index contributed by atoms with van der Waals surface area (Å²) >= 11 is 3.49. The number of carbonyl (C=O) groups excluding carboxylic acids is 2. The van der Waals surface area contributed by atoms with Crippen molar-refractivity contribution in [3.63, 3.8) is 0 Å². The number of hydrogen-bond acceptors (Lipinski definition) is 6. The van der Waals surface area contributed by atoms with Gasteiger partial charge in [0.25, 0.3) is 0 Å². The highest BCUT2D eigenvalue weighted by molar-refractivity contribution is 9.10. The molecule has 1 aliphatic rings. The number of carbonyl (C=O) groups is 2. The maximum atomic E-state index is 12.8. The van der Waals surface area contributed by atoms with E-state index in [0.717, 1.165) is 21.5 Å². The van der Waals surface area contributed by atoms with Crippen molar-refractivity contribution in [3.8, 4) is 0 Å². The Balaban J connectivity index is 0.00000112. The van der Waals surface area contributed by atoms with E-state index in [1.54, 1.807) is 25.4 Å². The lowest BCUT2D eigenvalue weighted by molar-refractivity contribution is -0.157. The van der Waals surface area contributed by atoms with Crippen LogP contribution >= 0.6 is 15.9 Å². The first-order valence-corrected chi connectivity index (χ1v) is 13.5. The average molecular weight is 589 g/mol. The number of esters is 2. The van der Waals surface area contributed by atoms with Gasteiger partial charge in [0.15, 0.2) is 5.65 Å². The van der Waals surface area contributed by atoms with Crippen LogP contribution in [0.1, 0.15) is 70.8 Å². The number of imidazole rings is 1. The molecule has 0 unspecified atom stereocenters. The Labute approximate surface area is 236 Å². The summed E-state index contributed by atoms with van der Waals surface area (Å²) in [6, 6.07) is 11.5.